The minimum absolute atomic E-state index is 0.833. The predicted molar refractivity (Wildman–Crippen MR) is 42.7 cm³/mol. The van der Waals surface area contributed by atoms with E-state index in [4.69, 9.17) is 4.79 Å². The van der Waals surface area contributed by atoms with E-state index in [1.54, 1.807) is 14.2 Å². The Balaban J connectivity index is -0.0000000750. The Hall–Kier alpha value is -0.770. The van der Waals surface area contributed by atoms with Crippen LogP contribution in [-0.2, 0) is 4.74 Å². The Morgan fingerprint density at radius 2 is 1.30 bits per heavy atom. The Kier molecular flexibility index (Phi) is 38.7. The highest BCUT2D eigenvalue weighted by molar-refractivity contribution is 5.69. The summed E-state index contributed by atoms with van der Waals surface area (Å²) in [4.78, 5) is 9.00. The van der Waals surface area contributed by atoms with Gasteiger partial charge in [-0.1, -0.05) is 20.3 Å². The largest absolute Gasteiger partial charge is 0.388 e. The van der Waals surface area contributed by atoms with Gasteiger partial charge in [0.25, 0.3) is 0 Å². The van der Waals surface area contributed by atoms with E-state index in [0.29, 0.717) is 0 Å². The molecule has 0 atom stereocenters. The van der Waals surface area contributed by atoms with E-state index in [-0.39, 0.29) is 0 Å². The van der Waals surface area contributed by atoms with Crippen molar-refractivity contribution in [3.05, 3.63) is 0 Å². The van der Waals surface area contributed by atoms with Crippen molar-refractivity contribution in [3.8, 4) is 0 Å². The van der Waals surface area contributed by atoms with Crippen molar-refractivity contribution >= 4 is 6.03 Å². The third kappa shape index (κ3) is 473. The molecule has 0 aliphatic carbocycles. The Morgan fingerprint density at radius 1 is 1.30 bits per heavy atom. The van der Waals surface area contributed by atoms with E-state index < -0.39 is 6.03 Å². The Labute approximate surface area is 62.5 Å². The molecule has 0 aromatic heterocycles. The van der Waals surface area contributed by atoms with E-state index >= 15 is 0 Å². The molecule has 0 heterocycles. The van der Waals surface area contributed by atoms with Gasteiger partial charge in [-0.15, -0.1) is 0 Å². The number of carbonyl (C=O) groups is 1. The molecule has 0 unspecified atom stereocenters. The summed E-state index contributed by atoms with van der Waals surface area (Å²) in [5.41, 5.74) is 8.50. The molecule has 64 valence electrons. The molecule has 0 saturated heterocycles. The molecule has 4 nitrogen and oxygen atoms in total. The summed E-state index contributed by atoms with van der Waals surface area (Å²) in [7, 11) is 3.25. The lowest BCUT2D eigenvalue weighted by molar-refractivity contribution is 0.256. The summed E-state index contributed by atoms with van der Waals surface area (Å²) in [6.07, 6.45) is 1.25. The van der Waals surface area contributed by atoms with Crippen LogP contribution in [0.5, 0.6) is 0 Å². The van der Waals surface area contributed by atoms with E-state index in [1.807, 2.05) is 0 Å². The molecule has 0 aliphatic rings. The first-order valence-corrected chi connectivity index (χ1v) is 3.01. The number of ether oxygens (including phenoxy) is 1. The molecule has 0 spiro atoms. The number of amides is 2. The van der Waals surface area contributed by atoms with Crippen molar-refractivity contribution < 1.29 is 9.53 Å². The van der Waals surface area contributed by atoms with Crippen molar-refractivity contribution in [3.63, 3.8) is 0 Å². The summed E-state index contributed by atoms with van der Waals surface area (Å²) in [6.45, 7) is 4.25. The first kappa shape index (κ1) is 16.1. The predicted octanol–water partition coefficient (Wildman–Crippen LogP) is 0.703. The molecule has 0 rings (SSSR count). The smallest absolute Gasteiger partial charge is 0.309 e. The molecule has 0 bridgehead atoms. The fourth-order valence-corrected chi connectivity index (χ4v) is 0. The van der Waals surface area contributed by atoms with Gasteiger partial charge in [-0.25, -0.2) is 4.79 Å². The highest BCUT2D eigenvalue weighted by atomic mass is 16.4. The zero-order valence-electron chi connectivity index (χ0n) is 7.18. The van der Waals surface area contributed by atoms with Crippen LogP contribution in [0.25, 0.3) is 0 Å². The van der Waals surface area contributed by atoms with Crippen molar-refractivity contribution in [2.24, 2.45) is 11.5 Å². The minimum Gasteiger partial charge on any atom is -0.388 e. The normalized spacial score (nSPS) is 6.00. The van der Waals surface area contributed by atoms with E-state index in [2.05, 4.69) is 30.1 Å². The van der Waals surface area contributed by atoms with Crippen LogP contribution < -0.4 is 11.5 Å². The summed E-state index contributed by atoms with van der Waals surface area (Å²) in [5, 5.41) is 0. The number of hydrogen-bond acceptors (Lipinski definition) is 2. The van der Waals surface area contributed by atoms with Crippen molar-refractivity contribution in [1.82, 2.24) is 0 Å². The molecule has 0 radical (unpaired) electrons. The van der Waals surface area contributed by atoms with E-state index in [1.165, 1.54) is 6.42 Å². The minimum atomic E-state index is -0.833. The second-order valence-corrected chi connectivity index (χ2v) is 1.52. The topological polar surface area (TPSA) is 78.3 Å². The average Bonchev–Trinajstić information content (AvgIpc) is 1.65. The molecule has 0 saturated carbocycles. The second kappa shape index (κ2) is 24.0. The number of methoxy groups -OCH3 is 1. The van der Waals surface area contributed by atoms with Crippen LogP contribution >= 0.6 is 0 Å². The Morgan fingerprint density at radius 3 is 1.30 bits per heavy atom. The lowest BCUT2D eigenvalue weighted by Crippen LogP contribution is -2.18. The van der Waals surface area contributed by atoms with Gasteiger partial charge in [-0.05, 0) is 0 Å². The van der Waals surface area contributed by atoms with Gasteiger partial charge >= 0.3 is 6.03 Å². The van der Waals surface area contributed by atoms with Gasteiger partial charge in [0, 0.05) is 14.2 Å². The zero-order valence-corrected chi connectivity index (χ0v) is 7.18. The summed E-state index contributed by atoms with van der Waals surface area (Å²) < 4.78 is 4.25. The molecule has 0 aliphatic heterocycles. The summed E-state index contributed by atoms with van der Waals surface area (Å²) in [5.74, 6) is 0. The highest BCUT2D eigenvalue weighted by Crippen LogP contribution is 1.56. The number of primary amides is 2. The first-order chi connectivity index (χ1) is 4.56. The molecule has 0 fully saturated rings. The summed E-state index contributed by atoms with van der Waals surface area (Å²) in [6, 6.07) is -0.833. The van der Waals surface area contributed by atoms with Gasteiger partial charge in [0.05, 0.1) is 0 Å². The fourth-order valence-electron chi connectivity index (χ4n) is 0. The maximum absolute atomic E-state index is 9.00. The van der Waals surface area contributed by atoms with Gasteiger partial charge in [0.1, 0.15) is 0 Å². The quantitative estimate of drug-likeness (QED) is 0.533. The molecular weight excluding hydrogens is 132 g/mol. The van der Waals surface area contributed by atoms with Gasteiger partial charge in [0.2, 0.25) is 0 Å². The van der Waals surface area contributed by atoms with E-state index in [0.717, 1.165) is 0 Å². The SMILES string of the molecule is CCC.COC.NC(N)=O. The third-order valence-corrected chi connectivity index (χ3v) is 0. The first-order valence-electron chi connectivity index (χ1n) is 3.01. The Bertz CT molecular complexity index is 51.7. The molecule has 4 N–H and O–H groups in total. The number of hydrogen-bond donors (Lipinski definition) is 2. The van der Waals surface area contributed by atoms with Crippen LogP contribution in [-0.4, -0.2) is 20.3 Å². The van der Waals surface area contributed by atoms with Gasteiger partial charge < -0.3 is 16.2 Å². The number of urea groups is 1. The van der Waals surface area contributed by atoms with Crippen LogP contribution in [0.3, 0.4) is 0 Å². The van der Waals surface area contributed by atoms with Gasteiger partial charge in [-0.3, -0.25) is 0 Å². The monoisotopic (exact) mass is 150 g/mol. The lowest BCUT2D eigenvalue weighted by Gasteiger charge is -1.62. The van der Waals surface area contributed by atoms with Crippen LogP contribution in [0.4, 0.5) is 4.79 Å². The maximum atomic E-state index is 9.00. The summed E-state index contributed by atoms with van der Waals surface area (Å²) >= 11 is 0. The van der Waals surface area contributed by atoms with Gasteiger partial charge in [-0.2, -0.15) is 0 Å². The van der Waals surface area contributed by atoms with Gasteiger partial charge in [0.15, 0.2) is 0 Å². The molecule has 10 heavy (non-hydrogen) atoms. The van der Waals surface area contributed by atoms with Crippen molar-refractivity contribution in [2.75, 3.05) is 14.2 Å². The molecule has 0 aromatic carbocycles. The van der Waals surface area contributed by atoms with Crippen molar-refractivity contribution in [1.29, 1.82) is 0 Å². The van der Waals surface area contributed by atoms with Crippen molar-refractivity contribution in [2.45, 2.75) is 20.3 Å². The third-order valence-electron chi connectivity index (χ3n) is 0. The number of carbonyl (C=O) groups excluding carboxylic acids is 1. The molecule has 2 amide bonds. The molecular formula is C6H18N2O2. The average molecular weight is 150 g/mol. The maximum Gasteiger partial charge on any atom is 0.309 e. The second-order valence-electron chi connectivity index (χ2n) is 1.52. The van der Waals surface area contributed by atoms with Crippen LogP contribution in [0.15, 0.2) is 0 Å². The van der Waals surface area contributed by atoms with E-state index in [9.17, 15) is 0 Å². The van der Waals surface area contributed by atoms with Crippen LogP contribution in [0.2, 0.25) is 0 Å². The molecule has 0 aromatic rings. The standard InChI is InChI=1S/C3H8.C2H6O.CH4N2O/c2*1-3-2;2-1(3)4/h3H2,1-2H3;1-2H3;(H4,2,3,4). The van der Waals surface area contributed by atoms with Crippen LogP contribution in [0, 0.1) is 0 Å². The number of rotatable bonds is 0. The number of nitrogens with two attached hydrogens (primary N) is 2. The van der Waals surface area contributed by atoms with Crippen LogP contribution in [0.1, 0.15) is 20.3 Å². The lowest BCUT2D eigenvalue weighted by atomic mass is 10.6. The fraction of sp³-hybridized carbons (Fsp3) is 0.833. The molecule has 4 heteroatoms. The zero-order chi connectivity index (χ0) is 8.99. The highest BCUT2D eigenvalue weighted by Gasteiger charge is 1.60.